The van der Waals surface area contributed by atoms with Crippen LogP contribution in [0.2, 0.25) is 0 Å². The van der Waals surface area contributed by atoms with Crippen LogP contribution >= 0.6 is 0 Å². The fourth-order valence-electron chi connectivity index (χ4n) is 6.85. The molecule has 0 bridgehead atoms. The number of aromatic nitrogens is 2. The van der Waals surface area contributed by atoms with Crippen LogP contribution in [-0.4, -0.2) is 16.4 Å². The molecule has 1 N–H and O–H groups in total. The minimum absolute atomic E-state index is 0. The van der Waals surface area contributed by atoms with E-state index < -0.39 is 0 Å². The first-order valence-corrected chi connectivity index (χ1v) is 12.8. The molecule has 2 aliphatic rings. The molecule has 0 saturated heterocycles. The van der Waals surface area contributed by atoms with E-state index in [4.69, 9.17) is 4.98 Å². The average molecular weight is 653 g/mol. The molecule has 3 aromatic carbocycles. The molecule has 36 heavy (non-hydrogen) atoms. The number of imidazole rings is 1. The summed E-state index contributed by atoms with van der Waals surface area (Å²) in [5.74, 6) is 0.997. The topological polar surface area (TPSA) is 29.9 Å². The van der Waals surface area contributed by atoms with Crippen LogP contribution in [0.1, 0.15) is 69.4 Å². The summed E-state index contributed by atoms with van der Waals surface area (Å²) in [6.45, 7) is 21.1. The van der Waals surface area contributed by atoms with Gasteiger partial charge < -0.3 is 9.71 Å². The maximum absolute atomic E-state index is 5.28. The third kappa shape index (κ3) is 3.05. The zero-order chi connectivity index (χ0) is 25.1. The van der Waals surface area contributed by atoms with Crippen LogP contribution in [0, 0.1) is 32.3 Å². The Hall–Kier alpha value is -2.36. The van der Waals surface area contributed by atoms with Gasteiger partial charge in [-0.3, -0.25) is 4.98 Å². The van der Waals surface area contributed by atoms with Crippen LogP contribution in [0.25, 0.3) is 22.4 Å². The molecule has 1 aliphatic carbocycles. The van der Waals surface area contributed by atoms with Crippen LogP contribution in [0.5, 0.6) is 0 Å². The molecule has 3 nitrogen and oxygen atoms in total. The fraction of sp³-hybridized carbons (Fsp3) is 0.387. The molecule has 0 amide bonds. The van der Waals surface area contributed by atoms with Gasteiger partial charge in [-0.05, 0) is 65.7 Å². The zero-order valence-electron chi connectivity index (χ0n) is 22.8. The van der Waals surface area contributed by atoms with Crippen molar-refractivity contribution in [3.63, 3.8) is 0 Å². The molecule has 5 heteroatoms. The standard InChI is InChI=1S/C31H35BN3.Ir/c1-18-14-19(2)27(20(3)15-18)32-34-24-13-11-10-12-21(24)28-33-25-16-22-23(17-26(25)35(28)32)30(6,7)31(8,9)29(22,4)5;/h10-11,13-17,34H,1-9H3;/q-1;. The number of hydrogen-bond acceptors (Lipinski definition) is 2. The second kappa shape index (κ2) is 7.82. The van der Waals surface area contributed by atoms with Crippen molar-refractivity contribution in [1.82, 2.24) is 9.46 Å². The van der Waals surface area contributed by atoms with Gasteiger partial charge in [-0.15, -0.1) is 24.3 Å². The van der Waals surface area contributed by atoms with E-state index in [0.29, 0.717) is 0 Å². The van der Waals surface area contributed by atoms with Crippen molar-refractivity contribution in [2.24, 2.45) is 5.41 Å². The summed E-state index contributed by atoms with van der Waals surface area (Å²) < 4.78 is 2.42. The van der Waals surface area contributed by atoms with Crippen molar-refractivity contribution in [3.05, 3.63) is 76.3 Å². The Bertz CT molecular complexity index is 1520. The van der Waals surface area contributed by atoms with Crippen LogP contribution < -0.4 is 10.7 Å². The van der Waals surface area contributed by atoms with Gasteiger partial charge in [0.2, 0.25) is 0 Å². The third-order valence-electron chi connectivity index (χ3n) is 9.94. The first-order chi connectivity index (χ1) is 16.4. The monoisotopic (exact) mass is 653 g/mol. The van der Waals surface area contributed by atoms with Gasteiger partial charge in [-0.2, -0.15) is 0 Å². The summed E-state index contributed by atoms with van der Waals surface area (Å²) in [6, 6.07) is 19.1. The van der Waals surface area contributed by atoms with Crippen LogP contribution in [0.3, 0.4) is 0 Å². The Morgan fingerprint density at radius 3 is 2.14 bits per heavy atom. The number of anilines is 1. The molecule has 4 aromatic rings. The van der Waals surface area contributed by atoms with Gasteiger partial charge in [0.25, 0.3) is 0 Å². The van der Waals surface area contributed by atoms with Crippen molar-refractivity contribution in [2.75, 3.05) is 5.23 Å². The molecule has 0 saturated carbocycles. The smallest absolute Gasteiger partial charge is 0.397 e. The molecular formula is C31H35BIrN3-. The van der Waals surface area contributed by atoms with Crippen LogP contribution in [0.15, 0.2) is 42.5 Å². The maximum Gasteiger partial charge on any atom is 0.397 e. The molecule has 6 rings (SSSR count). The largest absolute Gasteiger partial charge is 0.446 e. The van der Waals surface area contributed by atoms with Gasteiger partial charge in [-0.1, -0.05) is 81.6 Å². The van der Waals surface area contributed by atoms with E-state index >= 15 is 0 Å². The second-order valence-electron chi connectivity index (χ2n) is 12.4. The summed E-state index contributed by atoms with van der Waals surface area (Å²) >= 11 is 0. The molecular weight excluding hydrogens is 617 g/mol. The number of nitrogens with one attached hydrogen (secondary N) is 1. The van der Waals surface area contributed by atoms with E-state index in [1.54, 1.807) is 0 Å². The molecule has 2 heterocycles. The van der Waals surface area contributed by atoms with E-state index in [9.17, 15) is 0 Å². The minimum atomic E-state index is -0.0255. The number of aryl methyl sites for hydroxylation is 3. The summed E-state index contributed by atoms with van der Waals surface area (Å²) in [5, 5.41) is 3.86. The van der Waals surface area contributed by atoms with Gasteiger partial charge in [0, 0.05) is 31.4 Å². The first kappa shape index (κ1) is 25.3. The fourth-order valence-corrected chi connectivity index (χ4v) is 6.85. The molecule has 0 spiro atoms. The van der Waals surface area contributed by atoms with Crippen LogP contribution in [0.4, 0.5) is 5.69 Å². The number of benzene rings is 3. The average Bonchev–Trinajstić information content (AvgIpc) is 3.20. The van der Waals surface area contributed by atoms with Crippen molar-refractivity contribution in [3.8, 4) is 11.4 Å². The van der Waals surface area contributed by atoms with E-state index in [-0.39, 0.29) is 43.3 Å². The Morgan fingerprint density at radius 1 is 0.889 bits per heavy atom. The Labute approximate surface area is 229 Å². The number of hydrogen-bond donors (Lipinski definition) is 1. The van der Waals surface area contributed by atoms with Crippen LogP contribution in [-0.2, 0) is 30.9 Å². The second-order valence-corrected chi connectivity index (χ2v) is 12.4. The van der Waals surface area contributed by atoms with Gasteiger partial charge in [0.05, 0.1) is 5.52 Å². The number of fused-ring (bicyclic) bond motifs is 6. The van der Waals surface area contributed by atoms with E-state index in [1.807, 2.05) is 6.07 Å². The molecule has 187 valence electrons. The molecule has 1 radical (unpaired) electrons. The zero-order valence-corrected chi connectivity index (χ0v) is 25.2. The molecule has 0 unspecified atom stereocenters. The number of rotatable bonds is 1. The van der Waals surface area contributed by atoms with E-state index in [2.05, 4.69) is 114 Å². The Morgan fingerprint density at radius 2 is 1.50 bits per heavy atom. The van der Waals surface area contributed by atoms with Crippen molar-refractivity contribution in [2.45, 2.75) is 73.1 Å². The first-order valence-electron chi connectivity index (χ1n) is 12.8. The van der Waals surface area contributed by atoms with Gasteiger partial charge >= 0.3 is 6.98 Å². The molecule has 1 aliphatic heterocycles. The summed E-state index contributed by atoms with van der Waals surface area (Å²) in [5.41, 5.74) is 12.7. The van der Waals surface area contributed by atoms with Gasteiger partial charge in [0.1, 0.15) is 0 Å². The predicted octanol–water partition coefficient (Wildman–Crippen LogP) is 6.69. The molecule has 1 aromatic heterocycles. The van der Waals surface area contributed by atoms with Crippen molar-refractivity contribution >= 4 is 29.2 Å². The van der Waals surface area contributed by atoms with Gasteiger partial charge in [0.15, 0.2) is 0 Å². The Kier molecular flexibility index (Phi) is 5.50. The minimum Gasteiger partial charge on any atom is -0.446 e. The summed E-state index contributed by atoms with van der Waals surface area (Å²) in [7, 11) is 0. The van der Waals surface area contributed by atoms with Gasteiger partial charge in [-0.25, -0.2) is 0 Å². The van der Waals surface area contributed by atoms with Crippen molar-refractivity contribution in [1.29, 1.82) is 0 Å². The van der Waals surface area contributed by atoms with Crippen molar-refractivity contribution < 1.29 is 20.1 Å². The Balaban J connectivity index is 0.00000267. The summed E-state index contributed by atoms with van der Waals surface area (Å²) in [6.07, 6.45) is 0. The normalized spacial score (nSPS) is 18.2. The quantitative estimate of drug-likeness (QED) is 0.184. The van der Waals surface area contributed by atoms with E-state index in [1.165, 1.54) is 38.8 Å². The van der Waals surface area contributed by atoms with E-state index in [0.717, 1.165) is 22.6 Å². The summed E-state index contributed by atoms with van der Waals surface area (Å²) in [4.78, 5) is 5.28. The SMILES string of the molecule is Cc1cc(C)c(B2Nc3ccc[c-]c3-c3nc4cc5c(cc4n32)C(C)(C)C(C)(C)C5(C)C)c(C)c1.[Ir]. The maximum atomic E-state index is 5.28. The molecule has 0 atom stereocenters. The third-order valence-corrected chi connectivity index (χ3v) is 9.94. The predicted molar refractivity (Wildman–Crippen MR) is 149 cm³/mol. The molecule has 0 fully saturated rings. The number of nitrogens with zero attached hydrogens (tertiary/aromatic N) is 2.